The summed E-state index contributed by atoms with van der Waals surface area (Å²) in [6.07, 6.45) is 14.6. The van der Waals surface area contributed by atoms with Gasteiger partial charge in [0, 0.05) is 19.8 Å². The van der Waals surface area contributed by atoms with Crippen molar-refractivity contribution in [3.05, 3.63) is 0 Å². The molecular formula is C18H39NO3. The molecule has 0 spiro atoms. The van der Waals surface area contributed by atoms with Crippen molar-refractivity contribution < 1.29 is 15.3 Å². The summed E-state index contributed by atoms with van der Waals surface area (Å²) in [5, 5.41) is 29.8. The fourth-order valence-electron chi connectivity index (χ4n) is 2.92. The van der Waals surface area contributed by atoms with E-state index in [1.165, 1.54) is 57.8 Å². The lowest BCUT2D eigenvalue weighted by molar-refractivity contribution is 0.207. The number of unbranched alkanes of at least 4 members (excludes halogenated alkanes) is 8. The number of hydrogen-bond acceptors (Lipinski definition) is 4. The Morgan fingerprint density at radius 1 is 0.500 bits per heavy atom. The van der Waals surface area contributed by atoms with E-state index in [-0.39, 0.29) is 19.8 Å². The van der Waals surface area contributed by atoms with Gasteiger partial charge in [0.25, 0.3) is 0 Å². The van der Waals surface area contributed by atoms with Gasteiger partial charge in [-0.05, 0) is 31.7 Å². The lowest BCUT2D eigenvalue weighted by Gasteiger charge is -2.13. The van der Waals surface area contributed by atoms with E-state index in [2.05, 4.69) is 5.32 Å². The number of aliphatic hydroxyl groups is 3. The minimum atomic E-state index is 0.237. The summed E-state index contributed by atoms with van der Waals surface area (Å²) in [5.41, 5.74) is 0. The lowest BCUT2D eigenvalue weighted by Crippen LogP contribution is -2.19. The zero-order valence-corrected chi connectivity index (χ0v) is 14.4. The maximum Gasteiger partial charge on any atom is 0.0555 e. The molecule has 0 aliphatic rings. The molecule has 0 aromatic carbocycles. The fraction of sp³-hybridized carbons (Fsp3) is 1.00. The summed E-state index contributed by atoms with van der Waals surface area (Å²) < 4.78 is 0. The number of rotatable bonds is 18. The smallest absolute Gasteiger partial charge is 0.0555 e. The first-order chi connectivity index (χ1) is 10.8. The van der Waals surface area contributed by atoms with Crippen molar-refractivity contribution in [2.75, 3.05) is 32.9 Å². The second-order valence-electron chi connectivity index (χ2n) is 6.33. The van der Waals surface area contributed by atoms with Crippen molar-refractivity contribution >= 4 is 0 Å². The zero-order valence-electron chi connectivity index (χ0n) is 14.4. The monoisotopic (exact) mass is 317 g/mol. The average molecular weight is 318 g/mol. The highest BCUT2D eigenvalue weighted by atomic mass is 16.3. The van der Waals surface area contributed by atoms with Crippen LogP contribution in [-0.4, -0.2) is 48.2 Å². The second-order valence-corrected chi connectivity index (χ2v) is 6.33. The lowest BCUT2D eigenvalue weighted by atomic mass is 9.94. The molecule has 0 aromatic heterocycles. The van der Waals surface area contributed by atoms with Crippen LogP contribution in [0.2, 0.25) is 0 Å². The highest BCUT2D eigenvalue weighted by Crippen LogP contribution is 2.18. The van der Waals surface area contributed by atoms with E-state index in [9.17, 15) is 0 Å². The van der Waals surface area contributed by atoms with E-state index in [0.29, 0.717) is 5.92 Å². The molecule has 0 aromatic rings. The summed E-state index contributed by atoms with van der Waals surface area (Å²) in [6.45, 7) is 2.49. The Kier molecular flexibility index (Phi) is 18.8. The maximum atomic E-state index is 8.97. The topological polar surface area (TPSA) is 72.7 Å². The second kappa shape index (κ2) is 18.9. The molecule has 0 radical (unpaired) electrons. The molecule has 4 N–H and O–H groups in total. The molecule has 0 saturated carbocycles. The van der Waals surface area contributed by atoms with Gasteiger partial charge in [0.2, 0.25) is 0 Å². The van der Waals surface area contributed by atoms with Gasteiger partial charge in [-0.15, -0.1) is 0 Å². The van der Waals surface area contributed by atoms with Gasteiger partial charge in [0.1, 0.15) is 0 Å². The molecule has 0 amide bonds. The Balaban J connectivity index is 3.16. The fourth-order valence-corrected chi connectivity index (χ4v) is 2.92. The van der Waals surface area contributed by atoms with Crippen molar-refractivity contribution in [2.45, 2.75) is 77.0 Å². The Bertz CT molecular complexity index is 197. The molecule has 0 aliphatic carbocycles. The summed E-state index contributed by atoms with van der Waals surface area (Å²) in [5.74, 6) is 0.509. The Morgan fingerprint density at radius 2 is 1.00 bits per heavy atom. The summed E-state index contributed by atoms with van der Waals surface area (Å²) in [7, 11) is 0. The van der Waals surface area contributed by atoms with Crippen LogP contribution in [0.1, 0.15) is 77.0 Å². The number of aliphatic hydroxyl groups excluding tert-OH is 3. The normalized spacial score (nSPS) is 11.5. The zero-order chi connectivity index (χ0) is 16.3. The quantitative estimate of drug-likeness (QED) is 0.293. The van der Waals surface area contributed by atoms with Gasteiger partial charge < -0.3 is 20.6 Å². The van der Waals surface area contributed by atoms with Crippen LogP contribution >= 0.6 is 0 Å². The van der Waals surface area contributed by atoms with Crippen LogP contribution in [0.25, 0.3) is 0 Å². The van der Waals surface area contributed by atoms with E-state index in [1.54, 1.807) is 0 Å². The molecule has 0 bridgehead atoms. The molecule has 0 saturated heterocycles. The van der Waals surface area contributed by atoms with Crippen molar-refractivity contribution in [2.24, 2.45) is 5.92 Å². The van der Waals surface area contributed by atoms with Crippen molar-refractivity contribution in [1.82, 2.24) is 5.32 Å². The van der Waals surface area contributed by atoms with Gasteiger partial charge in [-0.25, -0.2) is 0 Å². The van der Waals surface area contributed by atoms with Crippen LogP contribution in [0.5, 0.6) is 0 Å². The first kappa shape index (κ1) is 21.8. The number of hydrogen-bond donors (Lipinski definition) is 4. The predicted molar refractivity (Wildman–Crippen MR) is 93.0 cm³/mol. The molecular weight excluding hydrogens is 278 g/mol. The number of nitrogens with one attached hydrogen (secondary N) is 1. The SMILES string of the molecule is OCCNCCCCCCCCCCCC(CCO)CCO. The molecule has 0 aliphatic heterocycles. The third-order valence-corrected chi connectivity index (χ3v) is 4.33. The van der Waals surface area contributed by atoms with Gasteiger partial charge in [-0.2, -0.15) is 0 Å². The van der Waals surface area contributed by atoms with Crippen LogP contribution in [0, 0.1) is 5.92 Å². The summed E-state index contributed by atoms with van der Waals surface area (Å²) >= 11 is 0. The summed E-state index contributed by atoms with van der Waals surface area (Å²) in [6, 6.07) is 0. The van der Waals surface area contributed by atoms with Gasteiger partial charge in [0.05, 0.1) is 6.61 Å². The van der Waals surface area contributed by atoms with E-state index in [0.717, 1.165) is 32.4 Å². The van der Waals surface area contributed by atoms with Gasteiger partial charge in [-0.3, -0.25) is 0 Å². The maximum absolute atomic E-state index is 8.97. The predicted octanol–water partition coefficient (Wildman–Crippen LogP) is 2.85. The van der Waals surface area contributed by atoms with Gasteiger partial charge in [-0.1, -0.05) is 57.8 Å². The average Bonchev–Trinajstić information content (AvgIpc) is 2.52. The molecule has 22 heavy (non-hydrogen) atoms. The van der Waals surface area contributed by atoms with E-state index in [1.807, 2.05) is 0 Å². The highest BCUT2D eigenvalue weighted by Gasteiger charge is 2.06. The standard InChI is InChI=1S/C18H39NO3/c20-15-11-18(12-16-21)10-8-6-4-2-1-3-5-7-9-13-19-14-17-22/h18-22H,1-17H2. The van der Waals surface area contributed by atoms with E-state index in [4.69, 9.17) is 15.3 Å². The molecule has 4 nitrogen and oxygen atoms in total. The Morgan fingerprint density at radius 3 is 1.50 bits per heavy atom. The van der Waals surface area contributed by atoms with Crippen molar-refractivity contribution in [3.63, 3.8) is 0 Å². The van der Waals surface area contributed by atoms with Gasteiger partial charge in [0.15, 0.2) is 0 Å². The Hall–Kier alpha value is -0.160. The molecule has 134 valence electrons. The molecule has 0 atom stereocenters. The van der Waals surface area contributed by atoms with Crippen LogP contribution in [0.3, 0.4) is 0 Å². The molecule has 0 rings (SSSR count). The van der Waals surface area contributed by atoms with E-state index < -0.39 is 0 Å². The molecule has 0 unspecified atom stereocenters. The van der Waals surface area contributed by atoms with Crippen LogP contribution in [-0.2, 0) is 0 Å². The van der Waals surface area contributed by atoms with Crippen molar-refractivity contribution in [3.8, 4) is 0 Å². The summed E-state index contributed by atoms with van der Waals surface area (Å²) in [4.78, 5) is 0. The van der Waals surface area contributed by atoms with Gasteiger partial charge >= 0.3 is 0 Å². The third-order valence-electron chi connectivity index (χ3n) is 4.33. The van der Waals surface area contributed by atoms with Crippen molar-refractivity contribution in [1.29, 1.82) is 0 Å². The molecule has 0 fully saturated rings. The van der Waals surface area contributed by atoms with Crippen LogP contribution in [0.4, 0.5) is 0 Å². The minimum absolute atomic E-state index is 0.237. The first-order valence-corrected chi connectivity index (χ1v) is 9.38. The van der Waals surface area contributed by atoms with Crippen LogP contribution < -0.4 is 5.32 Å². The largest absolute Gasteiger partial charge is 0.396 e. The first-order valence-electron chi connectivity index (χ1n) is 9.38. The molecule has 4 heteroatoms. The molecule has 0 heterocycles. The van der Waals surface area contributed by atoms with E-state index >= 15 is 0 Å². The third kappa shape index (κ3) is 16.2. The highest BCUT2D eigenvalue weighted by molar-refractivity contribution is 4.59. The van der Waals surface area contributed by atoms with Crippen LogP contribution in [0.15, 0.2) is 0 Å². The minimum Gasteiger partial charge on any atom is -0.396 e. The Labute approximate surface area is 137 Å².